The monoisotopic (exact) mass is 269 g/mol. The van der Waals surface area contributed by atoms with Crippen molar-refractivity contribution in [3.8, 4) is 6.07 Å². The van der Waals surface area contributed by atoms with Crippen LogP contribution in [0.2, 0.25) is 0 Å². The zero-order valence-corrected chi connectivity index (χ0v) is 9.68. The van der Waals surface area contributed by atoms with Gasteiger partial charge in [0, 0.05) is 5.33 Å². The van der Waals surface area contributed by atoms with Crippen molar-refractivity contribution in [1.82, 2.24) is 0 Å². The first-order chi connectivity index (χ1) is 7.19. The van der Waals surface area contributed by atoms with Gasteiger partial charge in [0.25, 0.3) is 0 Å². The van der Waals surface area contributed by atoms with Crippen LogP contribution in [0.15, 0.2) is 24.3 Å². The van der Waals surface area contributed by atoms with E-state index in [1.54, 1.807) is 12.1 Å². The molecule has 0 bridgehead atoms. The summed E-state index contributed by atoms with van der Waals surface area (Å²) in [6, 6.07) is 9.10. The van der Waals surface area contributed by atoms with Crippen molar-refractivity contribution < 1.29 is 10.2 Å². The fraction of sp³-hybridized carbons (Fsp3) is 0.364. The summed E-state index contributed by atoms with van der Waals surface area (Å²) in [5.41, 5.74) is 1.66. The predicted octanol–water partition coefficient (Wildman–Crippen LogP) is 1.89. The Labute approximate surface area is 97.1 Å². The average Bonchev–Trinajstić information content (AvgIpc) is 2.28. The lowest BCUT2D eigenvalue weighted by atomic mass is 10.0. The minimum Gasteiger partial charge on any atom is -0.389 e. The number of nitriles is 1. The quantitative estimate of drug-likeness (QED) is 0.821. The SMILES string of the molecule is N#CCC(O)C(O)c1cccc(CBr)c1. The summed E-state index contributed by atoms with van der Waals surface area (Å²) in [5.74, 6) is 0. The molecule has 15 heavy (non-hydrogen) atoms. The van der Waals surface area contributed by atoms with Crippen LogP contribution < -0.4 is 0 Å². The molecule has 1 aromatic rings. The summed E-state index contributed by atoms with van der Waals surface area (Å²) in [7, 11) is 0. The number of halogens is 1. The van der Waals surface area contributed by atoms with Crippen LogP contribution >= 0.6 is 15.9 Å². The van der Waals surface area contributed by atoms with Gasteiger partial charge in [0.2, 0.25) is 0 Å². The van der Waals surface area contributed by atoms with Gasteiger partial charge in [-0.05, 0) is 11.1 Å². The molecular formula is C11H12BrNO2. The highest BCUT2D eigenvalue weighted by Crippen LogP contribution is 2.20. The highest BCUT2D eigenvalue weighted by molar-refractivity contribution is 9.08. The molecule has 0 amide bonds. The van der Waals surface area contributed by atoms with Crippen molar-refractivity contribution in [3.63, 3.8) is 0 Å². The second kappa shape index (κ2) is 5.86. The van der Waals surface area contributed by atoms with Crippen LogP contribution in [-0.4, -0.2) is 16.3 Å². The van der Waals surface area contributed by atoms with Gasteiger partial charge >= 0.3 is 0 Å². The summed E-state index contributed by atoms with van der Waals surface area (Å²) in [6.07, 6.45) is -2.09. The summed E-state index contributed by atoms with van der Waals surface area (Å²) in [4.78, 5) is 0. The smallest absolute Gasteiger partial charge is 0.106 e. The van der Waals surface area contributed by atoms with Gasteiger partial charge in [-0.3, -0.25) is 0 Å². The molecule has 0 spiro atoms. The lowest BCUT2D eigenvalue weighted by molar-refractivity contribution is 0.0216. The van der Waals surface area contributed by atoms with Gasteiger partial charge < -0.3 is 10.2 Å². The third kappa shape index (κ3) is 3.31. The van der Waals surface area contributed by atoms with Gasteiger partial charge in [-0.25, -0.2) is 0 Å². The van der Waals surface area contributed by atoms with E-state index in [4.69, 9.17) is 5.26 Å². The number of aliphatic hydroxyl groups excluding tert-OH is 2. The standard InChI is InChI=1S/C11H12BrNO2/c12-7-8-2-1-3-9(6-8)11(15)10(14)4-5-13/h1-3,6,10-11,14-15H,4,7H2. The van der Waals surface area contributed by atoms with E-state index in [-0.39, 0.29) is 6.42 Å². The Bertz CT molecular complexity index is 362. The number of nitrogens with zero attached hydrogens (tertiary/aromatic N) is 1. The van der Waals surface area contributed by atoms with Crippen LogP contribution in [0.5, 0.6) is 0 Å². The number of hydrogen-bond donors (Lipinski definition) is 2. The van der Waals surface area contributed by atoms with Crippen molar-refractivity contribution in [2.24, 2.45) is 0 Å². The van der Waals surface area contributed by atoms with Gasteiger partial charge in [0.1, 0.15) is 6.10 Å². The van der Waals surface area contributed by atoms with Crippen molar-refractivity contribution in [3.05, 3.63) is 35.4 Å². The average molecular weight is 270 g/mol. The maximum Gasteiger partial charge on any atom is 0.106 e. The molecule has 80 valence electrons. The number of rotatable bonds is 4. The van der Waals surface area contributed by atoms with E-state index in [0.29, 0.717) is 10.9 Å². The molecule has 2 atom stereocenters. The largest absolute Gasteiger partial charge is 0.389 e. The molecule has 2 unspecified atom stereocenters. The van der Waals surface area contributed by atoms with Gasteiger partial charge in [-0.15, -0.1) is 0 Å². The van der Waals surface area contributed by atoms with Gasteiger partial charge in [-0.1, -0.05) is 40.2 Å². The van der Waals surface area contributed by atoms with E-state index in [2.05, 4.69) is 15.9 Å². The van der Waals surface area contributed by atoms with Crippen molar-refractivity contribution in [2.45, 2.75) is 24.0 Å². The van der Waals surface area contributed by atoms with Crippen LogP contribution in [0.25, 0.3) is 0 Å². The van der Waals surface area contributed by atoms with Crippen LogP contribution in [0, 0.1) is 11.3 Å². The Kier molecular flexibility index (Phi) is 4.76. The molecule has 0 aliphatic heterocycles. The molecule has 4 heteroatoms. The van der Waals surface area contributed by atoms with E-state index in [1.165, 1.54) is 0 Å². The van der Waals surface area contributed by atoms with Crippen LogP contribution in [-0.2, 0) is 5.33 Å². The van der Waals surface area contributed by atoms with Crippen molar-refractivity contribution in [1.29, 1.82) is 5.26 Å². The van der Waals surface area contributed by atoms with Crippen LogP contribution in [0.3, 0.4) is 0 Å². The topological polar surface area (TPSA) is 64.2 Å². The summed E-state index contributed by atoms with van der Waals surface area (Å²) in [5, 5.41) is 28.3. The zero-order valence-electron chi connectivity index (χ0n) is 8.10. The first-order valence-electron chi connectivity index (χ1n) is 4.57. The fourth-order valence-corrected chi connectivity index (χ4v) is 1.64. The first-order valence-corrected chi connectivity index (χ1v) is 5.69. The van der Waals surface area contributed by atoms with Crippen molar-refractivity contribution >= 4 is 15.9 Å². The predicted molar refractivity (Wildman–Crippen MR) is 60.3 cm³/mol. The van der Waals surface area contributed by atoms with E-state index in [9.17, 15) is 10.2 Å². The molecule has 0 saturated heterocycles. The molecule has 0 saturated carbocycles. The van der Waals surface area contributed by atoms with E-state index >= 15 is 0 Å². The Balaban J connectivity index is 2.81. The molecule has 0 aliphatic carbocycles. The van der Waals surface area contributed by atoms with E-state index < -0.39 is 12.2 Å². The van der Waals surface area contributed by atoms with Gasteiger partial charge in [0.05, 0.1) is 18.6 Å². The fourth-order valence-electron chi connectivity index (χ4n) is 1.29. The zero-order chi connectivity index (χ0) is 11.3. The summed E-state index contributed by atoms with van der Waals surface area (Å²) < 4.78 is 0. The molecule has 0 aliphatic rings. The van der Waals surface area contributed by atoms with Crippen molar-refractivity contribution in [2.75, 3.05) is 0 Å². The molecule has 1 aromatic carbocycles. The second-order valence-electron chi connectivity index (χ2n) is 3.25. The minimum absolute atomic E-state index is 0.0697. The molecule has 1 rings (SSSR count). The van der Waals surface area contributed by atoms with Gasteiger partial charge in [0.15, 0.2) is 0 Å². The highest BCUT2D eigenvalue weighted by atomic mass is 79.9. The lowest BCUT2D eigenvalue weighted by Crippen LogP contribution is -2.17. The molecular weight excluding hydrogens is 258 g/mol. The number of hydrogen-bond acceptors (Lipinski definition) is 3. The molecule has 3 nitrogen and oxygen atoms in total. The molecule has 0 fully saturated rings. The summed E-state index contributed by atoms with van der Waals surface area (Å²) in [6.45, 7) is 0. The number of alkyl halides is 1. The number of benzene rings is 1. The van der Waals surface area contributed by atoms with E-state index in [1.807, 2.05) is 18.2 Å². The maximum absolute atomic E-state index is 9.72. The maximum atomic E-state index is 9.72. The van der Waals surface area contributed by atoms with Crippen LogP contribution in [0.4, 0.5) is 0 Å². The molecule has 2 N–H and O–H groups in total. The third-order valence-corrected chi connectivity index (χ3v) is 2.76. The number of aliphatic hydroxyl groups is 2. The van der Waals surface area contributed by atoms with Crippen LogP contribution in [0.1, 0.15) is 23.7 Å². The normalized spacial score (nSPS) is 14.3. The minimum atomic E-state index is -1.03. The lowest BCUT2D eigenvalue weighted by Gasteiger charge is -2.15. The molecule has 0 aromatic heterocycles. The van der Waals surface area contributed by atoms with Gasteiger partial charge in [-0.2, -0.15) is 5.26 Å². The molecule has 0 heterocycles. The summed E-state index contributed by atoms with van der Waals surface area (Å²) >= 11 is 3.31. The Hall–Kier alpha value is -0.890. The first kappa shape index (κ1) is 12.2. The Morgan fingerprint density at radius 1 is 1.40 bits per heavy atom. The Morgan fingerprint density at radius 2 is 2.13 bits per heavy atom. The van der Waals surface area contributed by atoms with E-state index in [0.717, 1.165) is 5.56 Å². The third-order valence-electron chi connectivity index (χ3n) is 2.11. The molecule has 0 radical (unpaired) electrons. The highest BCUT2D eigenvalue weighted by Gasteiger charge is 2.17. The Morgan fingerprint density at radius 3 is 2.73 bits per heavy atom. The second-order valence-corrected chi connectivity index (χ2v) is 3.81.